The summed E-state index contributed by atoms with van der Waals surface area (Å²) in [6.45, 7) is 2.17. The van der Waals surface area contributed by atoms with Crippen LogP contribution in [0.25, 0.3) is 0 Å². The molecule has 7 heteroatoms. The van der Waals surface area contributed by atoms with Crippen LogP contribution in [-0.2, 0) is 16.1 Å². The lowest BCUT2D eigenvalue weighted by Crippen LogP contribution is -2.48. The summed E-state index contributed by atoms with van der Waals surface area (Å²) in [7, 11) is 4.10. The van der Waals surface area contributed by atoms with Crippen LogP contribution in [0.2, 0.25) is 0 Å². The van der Waals surface area contributed by atoms with E-state index in [1.165, 1.54) is 4.88 Å². The first-order valence-electron chi connectivity index (χ1n) is 8.55. The Morgan fingerprint density at radius 2 is 2.29 bits per heavy atom. The van der Waals surface area contributed by atoms with Gasteiger partial charge in [-0.2, -0.15) is 0 Å². The van der Waals surface area contributed by atoms with E-state index in [2.05, 4.69) is 27.5 Å². The fourth-order valence-corrected chi connectivity index (χ4v) is 4.40. The molecule has 3 heterocycles. The van der Waals surface area contributed by atoms with Crippen molar-refractivity contribution in [2.45, 2.75) is 43.9 Å². The van der Waals surface area contributed by atoms with Gasteiger partial charge in [-0.05, 0) is 38.4 Å². The zero-order chi connectivity index (χ0) is 17.1. The maximum Gasteiger partial charge on any atom is 0.239 e. The van der Waals surface area contributed by atoms with Crippen LogP contribution in [0, 0.1) is 0 Å². The average Bonchev–Trinajstić information content (AvgIpc) is 3.19. The largest absolute Gasteiger partial charge is 0.353 e. The monoisotopic (exact) mass is 350 g/mol. The Bertz CT molecular complexity index is 577. The molecule has 0 radical (unpaired) electrons. The Morgan fingerprint density at radius 3 is 3.04 bits per heavy atom. The summed E-state index contributed by atoms with van der Waals surface area (Å²) in [6.07, 6.45) is 2.26. The molecule has 2 N–H and O–H groups in total. The number of fused-ring (bicyclic) bond motifs is 1. The molecule has 0 spiro atoms. The van der Waals surface area contributed by atoms with Gasteiger partial charge in [-0.25, -0.2) is 0 Å². The van der Waals surface area contributed by atoms with Gasteiger partial charge in [-0.1, -0.05) is 6.07 Å². The third-order valence-corrected chi connectivity index (χ3v) is 6.12. The molecule has 2 aliphatic rings. The Morgan fingerprint density at radius 1 is 1.46 bits per heavy atom. The second-order valence-corrected chi connectivity index (χ2v) is 7.77. The van der Waals surface area contributed by atoms with Crippen LogP contribution < -0.4 is 10.6 Å². The van der Waals surface area contributed by atoms with Crippen molar-refractivity contribution in [3.63, 3.8) is 0 Å². The van der Waals surface area contributed by atoms with Gasteiger partial charge in [-0.3, -0.25) is 19.4 Å². The van der Waals surface area contributed by atoms with E-state index < -0.39 is 0 Å². The number of carbonyl (C=O) groups excluding carboxylic acids is 2. The van der Waals surface area contributed by atoms with E-state index in [0.29, 0.717) is 19.5 Å². The fourth-order valence-electron chi connectivity index (χ4n) is 3.76. The molecule has 1 aromatic rings. The number of likely N-dealkylation sites (N-methyl/N-ethyl adjacent to an activating group) is 2. The van der Waals surface area contributed by atoms with E-state index in [1.807, 2.05) is 24.6 Å². The predicted octanol–water partition coefficient (Wildman–Crippen LogP) is 0.647. The quantitative estimate of drug-likeness (QED) is 0.818. The number of rotatable bonds is 5. The standard InChI is InChI=1S/C17H26N4O2S/c1-20-8-7-14-16(20)17(23)19-10-12(21(14)2)5-6-15(22)18-11-13-4-3-9-24-13/h3-4,9,12,14,16H,5-8,10-11H2,1-2H3,(H,18,22)(H,19,23)/t12-,14+,16-/m0/s1. The molecule has 3 rings (SSSR count). The molecule has 0 aliphatic carbocycles. The molecule has 24 heavy (non-hydrogen) atoms. The lowest BCUT2D eigenvalue weighted by Gasteiger charge is -2.32. The number of likely N-dealkylation sites (tertiary alicyclic amines) is 1. The smallest absolute Gasteiger partial charge is 0.239 e. The van der Waals surface area contributed by atoms with Crippen LogP contribution in [-0.4, -0.2) is 66.9 Å². The molecule has 0 aromatic carbocycles. The van der Waals surface area contributed by atoms with Crippen molar-refractivity contribution >= 4 is 23.2 Å². The lowest BCUT2D eigenvalue weighted by molar-refractivity contribution is -0.125. The van der Waals surface area contributed by atoms with Crippen molar-refractivity contribution in [1.82, 2.24) is 20.4 Å². The highest BCUT2D eigenvalue weighted by Crippen LogP contribution is 2.25. The van der Waals surface area contributed by atoms with Crippen LogP contribution in [0.15, 0.2) is 17.5 Å². The molecule has 0 bridgehead atoms. The minimum absolute atomic E-state index is 0.0624. The van der Waals surface area contributed by atoms with Gasteiger partial charge < -0.3 is 10.6 Å². The summed E-state index contributed by atoms with van der Waals surface area (Å²) in [6, 6.07) is 4.41. The Kier molecular flexibility index (Phi) is 5.53. The minimum atomic E-state index is -0.0624. The summed E-state index contributed by atoms with van der Waals surface area (Å²) in [4.78, 5) is 30.0. The van der Waals surface area contributed by atoms with Crippen molar-refractivity contribution in [3.8, 4) is 0 Å². The van der Waals surface area contributed by atoms with Crippen molar-refractivity contribution < 1.29 is 9.59 Å². The predicted molar refractivity (Wildman–Crippen MR) is 94.8 cm³/mol. The van der Waals surface area contributed by atoms with Crippen LogP contribution in [0.3, 0.4) is 0 Å². The zero-order valence-electron chi connectivity index (χ0n) is 14.3. The number of thiophene rings is 1. The second-order valence-electron chi connectivity index (χ2n) is 6.74. The maximum absolute atomic E-state index is 12.3. The number of amides is 2. The lowest BCUT2D eigenvalue weighted by atomic mass is 10.0. The summed E-state index contributed by atoms with van der Waals surface area (Å²) in [5.74, 6) is 0.198. The summed E-state index contributed by atoms with van der Waals surface area (Å²) >= 11 is 1.65. The number of carbonyl (C=O) groups is 2. The van der Waals surface area contributed by atoms with Gasteiger partial charge in [-0.15, -0.1) is 11.3 Å². The van der Waals surface area contributed by atoms with Crippen molar-refractivity contribution in [2.75, 3.05) is 27.2 Å². The Hall–Kier alpha value is -1.44. The highest BCUT2D eigenvalue weighted by molar-refractivity contribution is 7.09. The van der Waals surface area contributed by atoms with Crippen molar-refractivity contribution in [2.24, 2.45) is 0 Å². The molecule has 132 valence electrons. The Balaban J connectivity index is 1.51. The van der Waals surface area contributed by atoms with E-state index in [9.17, 15) is 9.59 Å². The third kappa shape index (κ3) is 3.79. The molecular weight excluding hydrogens is 324 g/mol. The SMILES string of the molecule is CN1CC[C@@H]2[C@H]1C(=O)NC[C@H](CCC(=O)NCc1cccs1)N2C. The normalized spacial score (nSPS) is 28.2. The molecule has 0 saturated carbocycles. The van der Waals surface area contributed by atoms with Gasteiger partial charge >= 0.3 is 0 Å². The van der Waals surface area contributed by atoms with Crippen molar-refractivity contribution in [1.29, 1.82) is 0 Å². The van der Waals surface area contributed by atoms with Gasteiger partial charge in [0.05, 0.1) is 6.54 Å². The van der Waals surface area contributed by atoms with Crippen LogP contribution in [0.1, 0.15) is 24.1 Å². The number of hydrogen-bond donors (Lipinski definition) is 2. The first-order chi connectivity index (χ1) is 11.6. The summed E-state index contributed by atoms with van der Waals surface area (Å²) < 4.78 is 0. The highest BCUT2D eigenvalue weighted by atomic mass is 32.1. The van der Waals surface area contributed by atoms with Gasteiger partial charge in [0.15, 0.2) is 0 Å². The van der Waals surface area contributed by atoms with Gasteiger partial charge in [0, 0.05) is 36.5 Å². The Labute approximate surface area is 147 Å². The molecule has 1 aromatic heterocycles. The minimum Gasteiger partial charge on any atom is -0.353 e. The van der Waals surface area contributed by atoms with Crippen molar-refractivity contribution in [3.05, 3.63) is 22.4 Å². The summed E-state index contributed by atoms with van der Waals surface area (Å²) in [5, 5.41) is 8.04. The number of hydrogen-bond acceptors (Lipinski definition) is 5. The first kappa shape index (κ1) is 17.4. The van der Waals surface area contributed by atoms with Gasteiger partial charge in [0.2, 0.25) is 11.8 Å². The van der Waals surface area contributed by atoms with E-state index in [-0.39, 0.29) is 29.9 Å². The molecular formula is C17H26N4O2S. The van der Waals surface area contributed by atoms with Crippen LogP contribution in [0.4, 0.5) is 0 Å². The molecule has 2 fully saturated rings. The molecule has 6 nitrogen and oxygen atoms in total. The van der Waals surface area contributed by atoms with Crippen LogP contribution >= 0.6 is 11.3 Å². The zero-order valence-corrected chi connectivity index (χ0v) is 15.1. The second kappa shape index (κ2) is 7.63. The fraction of sp³-hybridized carbons (Fsp3) is 0.647. The topological polar surface area (TPSA) is 64.7 Å². The molecule has 2 aliphatic heterocycles. The van der Waals surface area contributed by atoms with E-state index >= 15 is 0 Å². The number of nitrogens with one attached hydrogen (secondary N) is 2. The molecule has 3 atom stereocenters. The van der Waals surface area contributed by atoms with E-state index in [1.54, 1.807) is 11.3 Å². The average molecular weight is 350 g/mol. The molecule has 0 unspecified atom stereocenters. The maximum atomic E-state index is 12.3. The van der Waals surface area contributed by atoms with E-state index in [4.69, 9.17) is 0 Å². The summed E-state index contributed by atoms with van der Waals surface area (Å²) in [5.41, 5.74) is 0. The number of nitrogens with zero attached hydrogens (tertiary/aromatic N) is 2. The van der Waals surface area contributed by atoms with Gasteiger partial charge in [0.25, 0.3) is 0 Å². The third-order valence-electron chi connectivity index (χ3n) is 5.24. The molecule has 2 amide bonds. The first-order valence-corrected chi connectivity index (χ1v) is 9.43. The van der Waals surface area contributed by atoms with Crippen LogP contribution in [0.5, 0.6) is 0 Å². The van der Waals surface area contributed by atoms with Gasteiger partial charge in [0.1, 0.15) is 6.04 Å². The van der Waals surface area contributed by atoms with E-state index in [0.717, 1.165) is 19.4 Å². The molecule has 2 saturated heterocycles. The highest BCUT2D eigenvalue weighted by Gasteiger charge is 2.43.